The van der Waals surface area contributed by atoms with E-state index >= 15 is 0 Å². The lowest BCUT2D eigenvalue weighted by Gasteiger charge is -2.39. The van der Waals surface area contributed by atoms with Gasteiger partial charge in [0.05, 0.1) is 36.0 Å². The molecule has 6 atom stereocenters. The van der Waals surface area contributed by atoms with Gasteiger partial charge in [0.2, 0.25) is 5.91 Å². The summed E-state index contributed by atoms with van der Waals surface area (Å²) in [6.45, 7) is 5.16. The third-order valence-electron chi connectivity index (χ3n) is 12.9. The van der Waals surface area contributed by atoms with Crippen molar-refractivity contribution in [3.05, 3.63) is 161 Å². The molecule has 0 saturated carbocycles. The summed E-state index contributed by atoms with van der Waals surface area (Å²) in [5.41, 5.74) is 23.6. The van der Waals surface area contributed by atoms with Crippen molar-refractivity contribution < 1.29 is 34.7 Å². The fourth-order valence-electron chi connectivity index (χ4n) is 9.08. The molecule has 8 bridgehead atoms. The number of aromatic amines is 2. The molecule has 4 aromatic carbocycles. The molecule has 3 aliphatic rings. The second-order valence-corrected chi connectivity index (χ2v) is 17.8. The zero-order valence-electron chi connectivity index (χ0n) is 38.2. The average molecular weight is 921 g/mol. The van der Waals surface area contributed by atoms with Gasteiger partial charge in [-0.15, -0.1) is 0 Å². The number of benzene rings is 4. The van der Waals surface area contributed by atoms with E-state index in [1.807, 2.05) is 36.4 Å². The van der Waals surface area contributed by atoms with Crippen LogP contribution in [0.15, 0.2) is 121 Å². The molecule has 6 heterocycles. The van der Waals surface area contributed by atoms with Gasteiger partial charge in [-0.3, -0.25) is 4.79 Å². The first-order chi connectivity index (χ1) is 33.4. The molecule has 13 heteroatoms. The van der Waals surface area contributed by atoms with E-state index in [0.29, 0.717) is 28.2 Å². The predicted molar refractivity (Wildman–Crippen MR) is 271 cm³/mol. The van der Waals surface area contributed by atoms with Crippen LogP contribution < -0.4 is 11.1 Å². The second-order valence-electron chi connectivity index (χ2n) is 17.8. The highest BCUT2D eigenvalue weighted by molar-refractivity contribution is 6.03. The minimum atomic E-state index is -1.65. The molecule has 348 valence electrons. The van der Waals surface area contributed by atoms with Gasteiger partial charge in [-0.2, -0.15) is 0 Å². The van der Waals surface area contributed by atoms with Gasteiger partial charge in [-0.25, -0.2) is 9.97 Å². The van der Waals surface area contributed by atoms with Gasteiger partial charge >= 0.3 is 0 Å². The van der Waals surface area contributed by atoms with E-state index in [1.165, 1.54) is 0 Å². The van der Waals surface area contributed by atoms with E-state index in [4.69, 9.17) is 25.2 Å². The first kappa shape index (κ1) is 45.5. The third-order valence-corrected chi connectivity index (χ3v) is 12.9. The van der Waals surface area contributed by atoms with Crippen molar-refractivity contribution in [2.45, 2.75) is 57.5 Å². The number of nitrogens with two attached hydrogens (primary N) is 1. The fourth-order valence-corrected chi connectivity index (χ4v) is 9.08. The molecule has 1 amide bonds. The summed E-state index contributed by atoms with van der Waals surface area (Å²) < 4.78 is 11.1. The van der Waals surface area contributed by atoms with Crippen LogP contribution >= 0.6 is 0 Å². The monoisotopic (exact) mass is 920 g/mol. The van der Waals surface area contributed by atoms with E-state index in [1.54, 1.807) is 12.1 Å². The number of hydrogen-bond donors (Lipinski definition) is 8. The van der Waals surface area contributed by atoms with Gasteiger partial charge in [-0.05, 0) is 92.1 Å². The van der Waals surface area contributed by atoms with E-state index in [2.05, 4.69) is 133 Å². The molecule has 0 unspecified atom stereocenters. The summed E-state index contributed by atoms with van der Waals surface area (Å²) in [5.74, 6) is -0.606. The lowest BCUT2D eigenvalue weighted by Crippen LogP contribution is -2.59. The largest absolute Gasteiger partial charge is 0.394 e. The number of aliphatic hydroxyl groups is 4. The highest BCUT2D eigenvalue weighted by Gasteiger charge is 2.44. The summed E-state index contributed by atoms with van der Waals surface area (Å²) in [6, 6.07) is 39.9. The van der Waals surface area contributed by atoms with Crippen LogP contribution in [0.1, 0.15) is 39.5 Å². The number of rotatable bonds is 10. The number of aromatic nitrogens is 4. The zero-order chi connectivity index (χ0) is 47.9. The number of ether oxygens (including phenoxy) is 2. The van der Waals surface area contributed by atoms with Crippen LogP contribution in [0.5, 0.6) is 0 Å². The van der Waals surface area contributed by atoms with E-state index in [9.17, 15) is 25.2 Å². The van der Waals surface area contributed by atoms with Crippen molar-refractivity contribution in [1.29, 1.82) is 0 Å². The van der Waals surface area contributed by atoms with Crippen molar-refractivity contribution in [2.24, 2.45) is 5.73 Å². The molecule has 3 aromatic heterocycles. The van der Waals surface area contributed by atoms with Crippen molar-refractivity contribution in [3.63, 3.8) is 0 Å². The molecule has 0 radical (unpaired) electrons. The molecule has 13 nitrogen and oxygen atoms in total. The number of carbonyl (C=O) groups excluding carboxylic acids is 1. The number of para-hydroxylation sites is 1. The number of hydrogen-bond acceptors (Lipinski definition) is 10. The van der Waals surface area contributed by atoms with Crippen LogP contribution in [0.4, 0.5) is 5.69 Å². The Labute approximate surface area is 398 Å². The summed E-state index contributed by atoms with van der Waals surface area (Å²) in [5, 5.41) is 43.6. The number of H-pyrrole nitrogens is 2. The average Bonchev–Trinajstić information content (AvgIpc) is 4.21. The molecule has 0 spiro atoms. The summed E-state index contributed by atoms with van der Waals surface area (Å²) in [7, 11) is 0. The maximum absolute atomic E-state index is 13.9. The molecule has 10 rings (SSSR count). The van der Waals surface area contributed by atoms with Gasteiger partial charge in [-0.1, -0.05) is 108 Å². The van der Waals surface area contributed by atoms with Gasteiger partial charge < -0.3 is 50.9 Å². The lowest BCUT2D eigenvalue weighted by molar-refractivity contribution is -0.301. The Morgan fingerprint density at radius 1 is 0.609 bits per heavy atom. The highest BCUT2D eigenvalue weighted by Crippen LogP contribution is 2.40. The van der Waals surface area contributed by atoms with E-state index in [-0.39, 0.29) is 0 Å². The van der Waals surface area contributed by atoms with Crippen molar-refractivity contribution >= 4 is 58.0 Å². The maximum Gasteiger partial charge on any atom is 0.243 e. The number of nitrogens with zero attached hydrogens (tertiary/aromatic N) is 2. The first-order valence-electron chi connectivity index (χ1n) is 22.9. The quantitative estimate of drug-likeness (QED) is 0.0657. The van der Waals surface area contributed by atoms with Crippen LogP contribution in [-0.4, -0.2) is 96.2 Å². The first-order valence-corrected chi connectivity index (χ1v) is 22.9. The SMILES string of the molecule is Cc1ccc(-c2c3nc(c(-c4ccccc4NC(=O)[C@@H](N)CO[C@@H]4O[C@H](CO)[C@@H](O)[C@H](O)[C@H]4O)c4nc(c(-c5ccc(C)cc5)c5ccc([nH]5)c(-c5ccc(C)cc5)c5ccc2[nH]5)C=C4)C=C3)cc1. The van der Waals surface area contributed by atoms with E-state index in [0.717, 1.165) is 83.5 Å². The maximum atomic E-state index is 13.9. The fraction of sp³-hybridized carbons (Fsp3) is 0.196. The summed E-state index contributed by atoms with van der Waals surface area (Å²) >= 11 is 0. The summed E-state index contributed by atoms with van der Waals surface area (Å²) in [4.78, 5) is 32.3. The number of amides is 1. The Morgan fingerprint density at radius 3 is 1.52 bits per heavy atom. The molecule has 1 saturated heterocycles. The smallest absolute Gasteiger partial charge is 0.243 e. The Bertz CT molecular complexity index is 3160. The van der Waals surface area contributed by atoms with Crippen molar-refractivity contribution in [1.82, 2.24) is 19.9 Å². The van der Waals surface area contributed by atoms with Crippen LogP contribution in [-0.2, 0) is 14.3 Å². The van der Waals surface area contributed by atoms with Gasteiger partial charge in [0.1, 0.15) is 30.5 Å². The molecule has 7 aromatic rings. The lowest BCUT2D eigenvalue weighted by atomic mass is 9.99. The van der Waals surface area contributed by atoms with Crippen LogP contribution in [0.2, 0.25) is 0 Å². The Balaban J connectivity index is 1.17. The number of aliphatic hydroxyl groups excluding tert-OH is 4. The Kier molecular flexibility index (Phi) is 12.5. The summed E-state index contributed by atoms with van der Waals surface area (Å²) in [6.07, 6.45) is 0.458. The number of aryl methyl sites for hydroxylation is 3. The molecule has 3 aliphatic heterocycles. The minimum absolute atomic E-state index is 0.421. The molecule has 9 N–H and O–H groups in total. The number of carbonyl (C=O) groups is 1. The highest BCUT2D eigenvalue weighted by atomic mass is 16.7. The van der Waals surface area contributed by atoms with Gasteiger partial charge in [0, 0.05) is 55.6 Å². The van der Waals surface area contributed by atoms with Crippen molar-refractivity contribution in [2.75, 3.05) is 18.5 Å². The molecular weight excluding hydrogens is 869 g/mol. The van der Waals surface area contributed by atoms with Gasteiger partial charge in [0.15, 0.2) is 6.29 Å². The molecule has 69 heavy (non-hydrogen) atoms. The van der Waals surface area contributed by atoms with E-state index < -0.39 is 55.9 Å². The van der Waals surface area contributed by atoms with Crippen LogP contribution in [0.3, 0.4) is 0 Å². The minimum Gasteiger partial charge on any atom is -0.394 e. The zero-order valence-corrected chi connectivity index (χ0v) is 38.2. The standard InChI is InChI=1S/C56H52N6O7/c1-30-8-14-33(15-9-30)48-39-20-22-41(58-39)49(34-16-10-31(2)11-17-34)43-24-26-45(60-43)51(46-27-25-44(61-46)50(42-23-21-40(48)59-42)35-18-12-32(3)13-19-35)36-6-4-5-7-38(36)62-55(67)37(57)29-68-56-54(66)53(65)52(64)47(28-63)69-56/h4-27,37,47,52-54,56,58-59,63-66H,28-29,57H2,1-3H3,(H,62,67)/t37-,47+,52+,53-,54+,56+/m0/s1. The van der Waals surface area contributed by atoms with Crippen molar-refractivity contribution in [3.8, 4) is 44.5 Å². The predicted octanol–water partition coefficient (Wildman–Crippen LogP) is 8.33. The number of nitrogens with one attached hydrogen (secondary N) is 3. The van der Waals surface area contributed by atoms with Crippen LogP contribution in [0, 0.1) is 20.8 Å². The van der Waals surface area contributed by atoms with Crippen LogP contribution in [0.25, 0.3) is 90.9 Å². The number of fused-ring (bicyclic) bond motifs is 8. The molecular formula is C56H52N6O7. The normalized spacial score (nSPS) is 19.2. The van der Waals surface area contributed by atoms with Gasteiger partial charge in [0.25, 0.3) is 0 Å². The molecule has 0 aliphatic carbocycles. The molecule has 1 fully saturated rings. The Hall–Kier alpha value is -7.33. The second kappa shape index (κ2) is 19.0. The third kappa shape index (κ3) is 8.96. The topological polar surface area (TPSA) is 212 Å². The Morgan fingerprint density at radius 2 is 1.04 bits per heavy atom. The number of anilines is 1.